The third-order valence-corrected chi connectivity index (χ3v) is 5.26. The molecule has 140 valence electrons. The van der Waals surface area contributed by atoms with Gasteiger partial charge in [-0.15, -0.1) is 0 Å². The quantitative estimate of drug-likeness (QED) is 0.594. The highest BCUT2D eigenvalue weighted by Crippen LogP contribution is 2.23. The highest BCUT2D eigenvalue weighted by atomic mass is 16.5. The number of likely N-dealkylation sites (tertiary alicyclic amines) is 1. The lowest BCUT2D eigenvalue weighted by atomic mass is 10.1. The zero-order valence-corrected chi connectivity index (χ0v) is 15.3. The van der Waals surface area contributed by atoms with Crippen LogP contribution < -0.4 is 4.74 Å². The van der Waals surface area contributed by atoms with Crippen molar-refractivity contribution in [2.75, 3.05) is 13.1 Å². The van der Waals surface area contributed by atoms with Crippen LogP contribution in [0.3, 0.4) is 0 Å². The number of rotatable bonds is 3. The second kappa shape index (κ2) is 6.96. The number of amides is 1. The van der Waals surface area contributed by atoms with Gasteiger partial charge in [-0.25, -0.2) is 9.97 Å². The van der Waals surface area contributed by atoms with Crippen LogP contribution in [0.15, 0.2) is 60.9 Å². The van der Waals surface area contributed by atoms with E-state index in [0.717, 1.165) is 40.3 Å². The number of nitrogens with one attached hydrogen (secondary N) is 1. The first-order valence-electron chi connectivity index (χ1n) is 9.52. The van der Waals surface area contributed by atoms with E-state index in [2.05, 4.69) is 15.0 Å². The monoisotopic (exact) mass is 372 g/mol. The normalized spacial score (nSPS) is 15.2. The fraction of sp³-hybridized carbons (Fsp3) is 0.227. The Hall–Kier alpha value is -3.41. The fourth-order valence-corrected chi connectivity index (χ4v) is 3.76. The summed E-state index contributed by atoms with van der Waals surface area (Å²) in [5, 5.41) is 0.970. The maximum absolute atomic E-state index is 12.9. The zero-order valence-electron chi connectivity index (χ0n) is 15.3. The molecule has 0 aliphatic carbocycles. The Morgan fingerprint density at radius 1 is 1.04 bits per heavy atom. The lowest BCUT2D eigenvalue weighted by Gasteiger charge is -2.31. The van der Waals surface area contributed by atoms with Gasteiger partial charge in [0.05, 0.1) is 22.8 Å². The minimum atomic E-state index is 0.0440. The summed E-state index contributed by atoms with van der Waals surface area (Å²) in [6, 6.07) is 15.6. The molecule has 0 unspecified atom stereocenters. The minimum Gasteiger partial charge on any atom is -0.473 e. The number of ether oxygens (including phenoxy) is 1. The van der Waals surface area contributed by atoms with Gasteiger partial charge < -0.3 is 14.6 Å². The molecule has 5 rings (SSSR count). The molecule has 1 N–H and O–H groups in total. The summed E-state index contributed by atoms with van der Waals surface area (Å²) in [6.45, 7) is 1.34. The van der Waals surface area contributed by atoms with Gasteiger partial charge in [0.2, 0.25) is 5.88 Å². The molecule has 0 atom stereocenters. The summed E-state index contributed by atoms with van der Waals surface area (Å²) in [5.74, 6) is 0.613. The first kappa shape index (κ1) is 16.7. The van der Waals surface area contributed by atoms with Gasteiger partial charge in [-0.1, -0.05) is 30.3 Å². The summed E-state index contributed by atoms with van der Waals surface area (Å²) in [6.07, 6.45) is 5.08. The average molecular weight is 372 g/mol. The zero-order chi connectivity index (χ0) is 18.9. The van der Waals surface area contributed by atoms with Crippen molar-refractivity contribution in [2.45, 2.75) is 18.9 Å². The maximum Gasteiger partial charge on any atom is 0.256 e. The van der Waals surface area contributed by atoms with E-state index in [9.17, 15) is 4.79 Å². The molecule has 3 heterocycles. The molecule has 0 spiro atoms. The number of para-hydroxylation sites is 3. The van der Waals surface area contributed by atoms with E-state index in [1.54, 1.807) is 12.4 Å². The second-order valence-corrected chi connectivity index (χ2v) is 7.05. The highest BCUT2D eigenvalue weighted by molar-refractivity contribution is 6.06. The number of benzene rings is 2. The van der Waals surface area contributed by atoms with Gasteiger partial charge in [0, 0.05) is 43.0 Å². The van der Waals surface area contributed by atoms with Crippen molar-refractivity contribution in [1.29, 1.82) is 0 Å². The van der Waals surface area contributed by atoms with E-state index in [1.807, 2.05) is 53.4 Å². The molecule has 1 aliphatic heterocycles. The van der Waals surface area contributed by atoms with E-state index in [4.69, 9.17) is 4.74 Å². The SMILES string of the molecule is O=C(c1c[nH]c2ccccc12)N1CCC(Oc2cnc3ccccc3n2)CC1. The lowest BCUT2D eigenvalue weighted by Crippen LogP contribution is -2.41. The number of hydrogen-bond donors (Lipinski definition) is 1. The minimum absolute atomic E-state index is 0.0440. The van der Waals surface area contributed by atoms with Gasteiger partial charge in [-0.05, 0) is 18.2 Å². The Morgan fingerprint density at radius 2 is 1.79 bits per heavy atom. The first-order chi connectivity index (χ1) is 13.8. The summed E-state index contributed by atoms with van der Waals surface area (Å²) in [4.78, 5) is 26.9. The summed E-state index contributed by atoms with van der Waals surface area (Å²) in [7, 11) is 0. The van der Waals surface area contributed by atoms with Crippen LogP contribution >= 0.6 is 0 Å². The van der Waals surface area contributed by atoms with E-state index in [-0.39, 0.29) is 12.0 Å². The molecular weight excluding hydrogens is 352 g/mol. The third-order valence-electron chi connectivity index (χ3n) is 5.26. The first-order valence-corrected chi connectivity index (χ1v) is 9.52. The fourth-order valence-electron chi connectivity index (χ4n) is 3.76. The van der Waals surface area contributed by atoms with Gasteiger partial charge in [0.15, 0.2) is 0 Å². The summed E-state index contributed by atoms with van der Waals surface area (Å²) >= 11 is 0. The maximum atomic E-state index is 12.9. The van der Waals surface area contributed by atoms with Crippen LogP contribution in [0.5, 0.6) is 5.88 Å². The molecule has 2 aromatic carbocycles. The molecule has 1 saturated heterocycles. The number of fused-ring (bicyclic) bond motifs is 2. The van der Waals surface area contributed by atoms with Crippen LogP contribution in [0, 0.1) is 0 Å². The molecule has 0 radical (unpaired) electrons. The topological polar surface area (TPSA) is 71.1 Å². The van der Waals surface area contributed by atoms with E-state index in [0.29, 0.717) is 19.0 Å². The third kappa shape index (κ3) is 3.07. The molecule has 6 heteroatoms. The summed E-state index contributed by atoms with van der Waals surface area (Å²) < 4.78 is 6.03. The van der Waals surface area contributed by atoms with Crippen molar-refractivity contribution in [1.82, 2.24) is 19.9 Å². The Labute approximate surface area is 162 Å². The average Bonchev–Trinajstić information content (AvgIpc) is 3.18. The Balaban J connectivity index is 1.25. The standard InChI is InChI=1S/C22H20N4O2/c27-22(17-13-23-18-6-2-1-5-16(17)18)26-11-9-15(10-12-26)28-21-14-24-19-7-3-4-8-20(19)25-21/h1-8,13-15,23H,9-12H2. The molecule has 0 bridgehead atoms. The molecular formula is C22H20N4O2. The van der Waals surface area contributed by atoms with Crippen molar-refractivity contribution in [3.05, 3.63) is 66.5 Å². The number of piperidine rings is 1. The Bertz CT molecular complexity index is 1150. The van der Waals surface area contributed by atoms with E-state index < -0.39 is 0 Å². The van der Waals surface area contributed by atoms with Crippen LogP contribution in [-0.4, -0.2) is 45.0 Å². The van der Waals surface area contributed by atoms with Crippen LogP contribution in [0.25, 0.3) is 21.9 Å². The molecule has 4 aromatic rings. The molecule has 1 fully saturated rings. The van der Waals surface area contributed by atoms with Crippen LogP contribution in [0.1, 0.15) is 23.2 Å². The number of hydrogen-bond acceptors (Lipinski definition) is 4. The number of carbonyl (C=O) groups excluding carboxylic acids is 1. The van der Waals surface area contributed by atoms with E-state index in [1.165, 1.54) is 0 Å². The number of aromatic amines is 1. The smallest absolute Gasteiger partial charge is 0.256 e. The Kier molecular flexibility index (Phi) is 4.16. The molecule has 0 saturated carbocycles. The molecule has 2 aromatic heterocycles. The van der Waals surface area contributed by atoms with Crippen molar-refractivity contribution < 1.29 is 9.53 Å². The van der Waals surface area contributed by atoms with Crippen LogP contribution in [0.4, 0.5) is 0 Å². The predicted octanol–water partition coefficient (Wildman–Crippen LogP) is 3.79. The molecule has 1 aliphatic rings. The van der Waals surface area contributed by atoms with Gasteiger partial charge in [0.25, 0.3) is 5.91 Å². The van der Waals surface area contributed by atoms with Crippen molar-refractivity contribution >= 4 is 27.8 Å². The number of nitrogens with zero attached hydrogens (tertiary/aromatic N) is 3. The highest BCUT2D eigenvalue weighted by Gasteiger charge is 2.26. The van der Waals surface area contributed by atoms with E-state index >= 15 is 0 Å². The van der Waals surface area contributed by atoms with Crippen molar-refractivity contribution in [3.63, 3.8) is 0 Å². The van der Waals surface area contributed by atoms with Crippen molar-refractivity contribution in [3.8, 4) is 5.88 Å². The van der Waals surface area contributed by atoms with Gasteiger partial charge in [-0.3, -0.25) is 4.79 Å². The van der Waals surface area contributed by atoms with Crippen molar-refractivity contribution in [2.24, 2.45) is 0 Å². The number of aromatic nitrogens is 3. The molecule has 1 amide bonds. The predicted molar refractivity (Wildman–Crippen MR) is 107 cm³/mol. The van der Waals surface area contributed by atoms with Gasteiger partial charge >= 0.3 is 0 Å². The van der Waals surface area contributed by atoms with Crippen LogP contribution in [-0.2, 0) is 0 Å². The van der Waals surface area contributed by atoms with Gasteiger partial charge in [-0.2, -0.15) is 0 Å². The number of carbonyl (C=O) groups is 1. The second-order valence-electron chi connectivity index (χ2n) is 7.05. The Morgan fingerprint density at radius 3 is 2.64 bits per heavy atom. The molecule has 6 nitrogen and oxygen atoms in total. The number of H-pyrrole nitrogens is 1. The van der Waals surface area contributed by atoms with Gasteiger partial charge in [0.1, 0.15) is 6.10 Å². The summed E-state index contributed by atoms with van der Waals surface area (Å²) in [5.41, 5.74) is 3.40. The molecule has 28 heavy (non-hydrogen) atoms. The largest absolute Gasteiger partial charge is 0.473 e. The van der Waals surface area contributed by atoms with Crippen LogP contribution in [0.2, 0.25) is 0 Å². The lowest BCUT2D eigenvalue weighted by molar-refractivity contribution is 0.0589.